The molecule has 0 saturated heterocycles. The van der Waals surface area contributed by atoms with Gasteiger partial charge in [0.25, 0.3) is 5.97 Å². The first kappa shape index (κ1) is 31.9. The number of phenolic OH excluding ortho intramolecular Hbond substituents is 6. The smallest absolute Gasteiger partial charge is 0.339 e. The fourth-order valence-electron chi connectivity index (χ4n) is 2.37. The Morgan fingerprint density at radius 3 is 1.05 bits per heavy atom. The molecular weight excluding hydrogens is 544 g/mol. The largest absolute Gasteiger partial charge is 0.565 e. The van der Waals surface area contributed by atoms with Crippen LogP contribution in [0.25, 0.3) is 0 Å². The van der Waals surface area contributed by atoms with Crippen LogP contribution >= 0.6 is 0 Å². The summed E-state index contributed by atoms with van der Waals surface area (Å²) in [5.41, 5.74) is -1.27. The van der Waals surface area contributed by atoms with Crippen LogP contribution in [0.2, 0.25) is 0 Å². The standard InChI is InChI=1S/C8H7O4.2C7H6O5.Fe/c1-4-6(8(11)12)2-5(9)3-7(4)10;2*8-3-1-4(7(11)12)6(10)5(9)2-3;/h2-3,9-10H,1H2,(H,11,12);2*1-2,8-10H,(H,11,12);/q-1;;;. The molecule has 0 atom stereocenters. The van der Waals surface area contributed by atoms with Gasteiger partial charge < -0.3 is 56.2 Å². The van der Waals surface area contributed by atoms with Crippen molar-refractivity contribution in [2.24, 2.45) is 0 Å². The maximum Gasteiger partial charge on any atom is 0.339 e. The molecule has 0 aliphatic rings. The predicted octanol–water partition coefficient (Wildman–Crippen LogP) is 1.98. The summed E-state index contributed by atoms with van der Waals surface area (Å²) in [5.74, 6) is -8.33. The van der Waals surface area contributed by atoms with Crippen molar-refractivity contribution in [3.05, 3.63) is 65.6 Å². The molecule has 0 heterocycles. The van der Waals surface area contributed by atoms with Gasteiger partial charge in [-0.2, -0.15) is 6.92 Å². The molecule has 15 heteroatoms. The molecule has 0 saturated carbocycles. The van der Waals surface area contributed by atoms with Crippen molar-refractivity contribution in [1.82, 2.24) is 0 Å². The van der Waals surface area contributed by atoms with Gasteiger partial charge in [0.1, 0.15) is 22.6 Å². The van der Waals surface area contributed by atoms with Crippen LogP contribution in [0.3, 0.4) is 0 Å². The molecule has 0 fully saturated rings. The summed E-state index contributed by atoms with van der Waals surface area (Å²) in [5, 5.41) is 96.7. The van der Waals surface area contributed by atoms with Gasteiger partial charge >= 0.3 is 11.9 Å². The molecular formula is C22H19FeO14-. The molecule has 37 heavy (non-hydrogen) atoms. The van der Waals surface area contributed by atoms with E-state index in [0.29, 0.717) is 0 Å². The summed E-state index contributed by atoms with van der Waals surface area (Å²) in [6.07, 6.45) is 0. The number of aromatic hydroxyl groups is 8. The number of aromatic carboxylic acids is 3. The number of carboxylic acid groups (broad SMARTS) is 3. The van der Waals surface area contributed by atoms with Gasteiger partial charge in [-0.15, -0.1) is 5.56 Å². The summed E-state index contributed by atoms with van der Waals surface area (Å²) in [6.45, 7) is 3.34. The first-order valence-corrected chi connectivity index (χ1v) is 9.14. The average molecular weight is 563 g/mol. The van der Waals surface area contributed by atoms with Crippen LogP contribution in [0.15, 0.2) is 36.4 Å². The third-order valence-electron chi connectivity index (χ3n) is 4.05. The molecule has 0 spiro atoms. The van der Waals surface area contributed by atoms with E-state index < -0.39 is 63.5 Å². The van der Waals surface area contributed by atoms with Gasteiger partial charge in [-0.05, 0) is 23.8 Å². The number of hydrogen-bond donors (Lipinski definition) is 11. The zero-order valence-corrected chi connectivity index (χ0v) is 19.3. The molecule has 0 aliphatic heterocycles. The molecule has 3 rings (SSSR count). The van der Waals surface area contributed by atoms with Crippen molar-refractivity contribution in [1.29, 1.82) is 0 Å². The van der Waals surface area contributed by atoms with Gasteiger partial charge in [0, 0.05) is 35.0 Å². The average Bonchev–Trinajstić information content (AvgIpc) is 2.76. The zero-order chi connectivity index (χ0) is 27.9. The molecule has 200 valence electrons. The van der Waals surface area contributed by atoms with E-state index in [1.165, 1.54) is 0 Å². The maximum atomic E-state index is 10.5. The predicted molar refractivity (Wildman–Crippen MR) is 118 cm³/mol. The van der Waals surface area contributed by atoms with Gasteiger partial charge in [0.2, 0.25) is 0 Å². The number of rotatable bonds is 3. The Hall–Kier alpha value is -5.14. The van der Waals surface area contributed by atoms with Crippen LogP contribution in [0.1, 0.15) is 36.6 Å². The maximum absolute atomic E-state index is 10.5. The van der Waals surface area contributed by atoms with Crippen LogP contribution in [-0.4, -0.2) is 74.1 Å². The minimum Gasteiger partial charge on any atom is -0.565 e. The van der Waals surface area contributed by atoms with Crippen LogP contribution in [0.5, 0.6) is 46.0 Å². The zero-order valence-electron chi connectivity index (χ0n) is 18.2. The first-order chi connectivity index (χ1) is 16.6. The first-order valence-electron chi connectivity index (χ1n) is 9.14. The molecule has 0 aromatic heterocycles. The SMILES string of the molecule is O=C(O)c1cc(O)cc(O)c1O.O=C(O)c1cc(O)cc(O)c1O.[CH2-]c1c(O)cc(O)cc1C(=O)O.[Fe]. The Bertz CT molecular complexity index is 1160. The number of hydrogen-bond acceptors (Lipinski definition) is 11. The van der Waals surface area contributed by atoms with E-state index in [1.54, 1.807) is 0 Å². The fraction of sp³-hybridized carbons (Fsp3) is 0. The van der Waals surface area contributed by atoms with Crippen molar-refractivity contribution in [2.45, 2.75) is 0 Å². The third kappa shape index (κ3) is 8.54. The summed E-state index contributed by atoms with van der Waals surface area (Å²) in [6, 6.07) is 5.46. The number of phenols is 8. The molecule has 0 amide bonds. The van der Waals surface area contributed by atoms with E-state index in [0.717, 1.165) is 36.4 Å². The minimum absolute atomic E-state index is 0. The molecule has 3 aromatic carbocycles. The number of carboxylic acids is 3. The van der Waals surface area contributed by atoms with Crippen LogP contribution < -0.4 is 0 Å². The van der Waals surface area contributed by atoms with E-state index >= 15 is 0 Å². The Kier molecular flexibility index (Phi) is 11.3. The van der Waals surface area contributed by atoms with Crippen molar-refractivity contribution >= 4 is 17.9 Å². The normalized spacial score (nSPS) is 9.41. The van der Waals surface area contributed by atoms with Gasteiger partial charge in [-0.3, -0.25) is 4.79 Å². The second-order valence-electron chi connectivity index (χ2n) is 6.63. The van der Waals surface area contributed by atoms with E-state index in [-0.39, 0.29) is 39.7 Å². The molecule has 0 bridgehead atoms. The Labute approximate surface area is 217 Å². The molecule has 14 nitrogen and oxygen atoms in total. The van der Waals surface area contributed by atoms with Crippen LogP contribution in [0.4, 0.5) is 0 Å². The van der Waals surface area contributed by atoms with E-state index in [1.807, 2.05) is 0 Å². The molecule has 0 aliphatic carbocycles. The fourth-order valence-corrected chi connectivity index (χ4v) is 2.37. The topological polar surface area (TPSA) is 274 Å². The van der Waals surface area contributed by atoms with Gasteiger partial charge in [-0.1, -0.05) is 6.07 Å². The number of benzene rings is 3. The van der Waals surface area contributed by atoms with Crippen LogP contribution in [-0.2, 0) is 17.1 Å². The van der Waals surface area contributed by atoms with E-state index in [9.17, 15) is 14.4 Å². The second kappa shape index (κ2) is 13.1. The van der Waals surface area contributed by atoms with Crippen molar-refractivity contribution in [2.75, 3.05) is 0 Å². The quantitative estimate of drug-likeness (QED) is 0.0941. The van der Waals surface area contributed by atoms with Gasteiger partial charge in [0.05, 0.1) is 5.75 Å². The van der Waals surface area contributed by atoms with Crippen molar-refractivity contribution in [3.8, 4) is 46.0 Å². The summed E-state index contributed by atoms with van der Waals surface area (Å²) < 4.78 is 0. The van der Waals surface area contributed by atoms with Crippen molar-refractivity contribution in [3.63, 3.8) is 0 Å². The molecule has 0 radical (unpaired) electrons. The summed E-state index contributed by atoms with van der Waals surface area (Å²) in [7, 11) is 0. The van der Waals surface area contributed by atoms with Crippen LogP contribution in [0, 0.1) is 6.92 Å². The molecule has 3 aromatic rings. The second-order valence-corrected chi connectivity index (χ2v) is 6.63. The molecule has 0 unspecified atom stereocenters. The van der Waals surface area contributed by atoms with Gasteiger partial charge in [0.15, 0.2) is 23.0 Å². The van der Waals surface area contributed by atoms with E-state index in [2.05, 4.69) is 6.92 Å². The Morgan fingerprint density at radius 1 is 0.486 bits per heavy atom. The monoisotopic (exact) mass is 563 g/mol. The number of carbonyl (C=O) groups is 3. The Morgan fingerprint density at radius 2 is 0.757 bits per heavy atom. The summed E-state index contributed by atoms with van der Waals surface area (Å²) in [4.78, 5) is 31.2. The minimum atomic E-state index is -1.42. The Balaban J connectivity index is 0.000000518. The van der Waals surface area contributed by atoms with Crippen molar-refractivity contribution < 1.29 is 87.6 Å². The summed E-state index contributed by atoms with van der Waals surface area (Å²) >= 11 is 0. The van der Waals surface area contributed by atoms with Gasteiger partial charge in [-0.25, -0.2) is 9.59 Å². The third-order valence-corrected chi connectivity index (χ3v) is 4.05. The molecule has 11 N–H and O–H groups in total. The van der Waals surface area contributed by atoms with E-state index in [4.69, 9.17) is 56.2 Å².